The fraction of sp³-hybridized carbons (Fsp3) is 0.158. The number of rotatable bonds is 3. The zero-order valence-electron chi connectivity index (χ0n) is 13.4. The summed E-state index contributed by atoms with van der Waals surface area (Å²) >= 11 is 0. The molecule has 1 aromatic heterocycles. The fourth-order valence-corrected chi connectivity index (χ4v) is 3.27. The normalized spacial score (nSPS) is 14.5. The first-order valence-corrected chi connectivity index (χ1v) is 8.09. The summed E-state index contributed by atoms with van der Waals surface area (Å²) < 4.78 is 15.2. The molecule has 6 heteroatoms. The van der Waals surface area contributed by atoms with Crippen molar-refractivity contribution in [2.24, 2.45) is 0 Å². The van der Waals surface area contributed by atoms with Crippen LogP contribution in [0.5, 0.6) is 0 Å². The molecule has 0 spiro atoms. The molecule has 2 heterocycles. The highest BCUT2D eigenvalue weighted by Gasteiger charge is 2.17. The van der Waals surface area contributed by atoms with E-state index in [4.69, 9.17) is 0 Å². The molecule has 5 nitrogen and oxygen atoms in total. The van der Waals surface area contributed by atoms with Crippen molar-refractivity contribution in [1.29, 1.82) is 0 Å². The van der Waals surface area contributed by atoms with Crippen LogP contribution in [0.15, 0.2) is 54.7 Å². The van der Waals surface area contributed by atoms with Crippen LogP contribution in [0.1, 0.15) is 12.0 Å². The molecule has 25 heavy (non-hydrogen) atoms. The van der Waals surface area contributed by atoms with Crippen molar-refractivity contribution < 1.29 is 9.31 Å². The number of halogens is 1. The summed E-state index contributed by atoms with van der Waals surface area (Å²) in [4.78, 5) is 10.8. The number of nitro benzene ring substituents is 1. The minimum Gasteiger partial charge on any atom is -0.316 e. The van der Waals surface area contributed by atoms with Crippen LogP contribution < -0.4 is 5.32 Å². The van der Waals surface area contributed by atoms with E-state index < -0.39 is 0 Å². The first kappa shape index (κ1) is 15.5. The van der Waals surface area contributed by atoms with Crippen molar-refractivity contribution in [2.75, 3.05) is 13.1 Å². The highest BCUT2D eigenvalue weighted by Crippen LogP contribution is 2.34. The van der Waals surface area contributed by atoms with Gasteiger partial charge in [0.05, 0.1) is 10.4 Å². The SMILES string of the molecule is O=[N+]([O-])c1ccc2c(c1)c(C1=CCNCC1)cn2-c1ccc(F)cc1. The third-order valence-corrected chi connectivity index (χ3v) is 4.51. The van der Waals surface area contributed by atoms with Crippen molar-refractivity contribution >= 4 is 22.2 Å². The van der Waals surface area contributed by atoms with E-state index >= 15 is 0 Å². The summed E-state index contributed by atoms with van der Waals surface area (Å²) in [6.07, 6.45) is 4.97. The predicted octanol–water partition coefficient (Wildman–Crippen LogP) is 4.05. The highest BCUT2D eigenvalue weighted by molar-refractivity contribution is 5.95. The molecule has 0 radical (unpaired) electrons. The van der Waals surface area contributed by atoms with E-state index in [9.17, 15) is 14.5 Å². The van der Waals surface area contributed by atoms with E-state index in [1.807, 2.05) is 10.8 Å². The minimum absolute atomic E-state index is 0.0696. The van der Waals surface area contributed by atoms with Crippen LogP contribution >= 0.6 is 0 Å². The zero-order valence-corrected chi connectivity index (χ0v) is 13.4. The molecule has 1 N–H and O–H groups in total. The van der Waals surface area contributed by atoms with Gasteiger partial charge in [-0.15, -0.1) is 0 Å². The third kappa shape index (κ3) is 2.81. The Hall–Kier alpha value is -2.99. The van der Waals surface area contributed by atoms with E-state index in [0.29, 0.717) is 0 Å². The summed E-state index contributed by atoms with van der Waals surface area (Å²) in [6.45, 7) is 1.66. The monoisotopic (exact) mass is 337 g/mol. The minimum atomic E-state index is -0.380. The van der Waals surface area contributed by atoms with E-state index in [2.05, 4.69) is 11.4 Å². The molecule has 4 rings (SSSR count). The average molecular weight is 337 g/mol. The predicted molar refractivity (Wildman–Crippen MR) is 95.4 cm³/mol. The Bertz CT molecular complexity index is 990. The fourth-order valence-electron chi connectivity index (χ4n) is 3.27. The number of benzene rings is 2. The van der Waals surface area contributed by atoms with E-state index in [0.717, 1.165) is 41.7 Å². The van der Waals surface area contributed by atoms with Gasteiger partial charge in [0.25, 0.3) is 5.69 Å². The van der Waals surface area contributed by atoms with Crippen molar-refractivity contribution in [3.63, 3.8) is 0 Å². The molecule has 0 fully saturated rings. The summed E-state index contributed by atoms with van der Waals surface area (Å²) in [7, 11) is 0. The molecule has 0 unspecified atom stereocenters. The second-order valence-electron chi connectivity index (χ2n) is 6.03. The first-order chi connectivity index (χ1) is 12.1. The van der Waals surface area contributed by atoms with E-state index in [-0.39, 0.29) is 16.4 Å². The van der Waals surface area contributed by atoms with Gasteiger partial charge in [0.2, 0.25) is 0 Å². The molecule has 1 aliphatic rings. The lowest BCUT2D eigenvalue weighted by Crippen LogP contribution is -2.19. The van der Waals surface area contributed by atoms with Crippen LogP contribution in [0.3, 0.4) is 0 Å². The van der Waals surface area contributed by atoms with Crippen molar-refractivity contribution in [3.8, 4) is 5.69 Å². The number of hydrogen-bond acceptors (Lipinski definition) is 3. The molecule has 0 aliphatic carbocycles. The summed E-state index contributed by atoms with van der Waals surface area (Å²) in [5.74, 6) is -0.294. The van der Waals surface area contributed by atoms with Gasteiger partial charge >= 0.3 is 0 Å². The van der Waals surface area contributed by atoms with E-state index in [1.165, 1.54) is 23.8 Å². The van der Waals surface area contributed by atoms with Gasteiger partial charge in [-0.3, -0.25) is 10.1 Å². The van der Waals surface area contributed by atoms with Crippen LogP contribution in [-0.2, 0) is 0 Å². The lowest BCUT2D eigenvalue weighted by Gasteiger charge is -2.13. The number of nitrogens with one attached hydrogen (secondary N) is 1. The molecule has 0 atom stereocenters. The lowest BCUT2D eigenvalue weighted by atomic mass is 9.99. The Morgan fingerprint density at radius 3 is 2.64 bits per heavy atom. The van der Waals surface area contributed by atoms with Crippen LogP contribution in [0.25, 0.3) is 22.2 Å². The maximum atomic E-state index is 13.3. The number of nitrogens with zero attached hydrogens (tertiary/aromatic N) is 2. The van der Waals surface area contributed by atoms with Gasteiger partial charge in [-0.25, -0.2) is 4.39 Å². The Kier molecular flexibility index (Phi) is 3.82. The summed E-state index contributed by atoms with van der Waals surface area (Å²) in [5.41, 5.74) is 3.92. The Morgan fingerprint density at radius 2 is 1.96 bits per heavy atom. The van der Waals surface area contributed by atoms with Gasteiger partial charge in [0.1, 0.15) is 5.82 Å². The van der Waals surface area contributed by atoms with Gasteiger partial charge in [-0.2, -0.15) is 0 Å². The first-order valence-electron chi connectivity index (χ1n) is 8.09. The molecule has 1 aliphatic heterocycles. The van der Waals surface area contributed by atoms with Crippen molar-refractivity contribution in [3.05, 3.63) is 76.2 Å². The maximum Gasteiger partial charge on any atom is 0.270 e. The van der Waals surface area contributed by atoms with Gasteiger partial charge in [0.15, 0.2) is 0 Å². The van der Waals surface area contributed by atoms with Gasteiger partial charge in [-0.05, 0) is 48.9 Å². The molecule has 126 valence electrons. The molecule has 3 aromatic rings. The molecule has 0 saturated heterocycles. The smallest absolute Gasteiger partial charge is 0.270 e. The molecule has 0 bridgehead atoms. The standard InChI is InChI=1S/C19H16FN3O2/c20-14-1-3-15(4-2-14)22-12-18(13-7-9-21-10-8-13)17-11-16(23(24)25)5-6-19(17)22/h1-7,11-12,21H,8-10H2. The molecular weight excluding hydrogens is 321 g/mol. The molecule has 2 aromatic carbocycles. The Labute approximate surface area is 143 Å². The Morgan fingerprint density at radius 1 is 1.16 bits per heavy atom. The average Bonchev–Trinajstić information content (AvgIpc) is 3.02. The number of hydrogen-bond donors (Lipinski definition) is 1. The third-order valence-electron chi connectivity index (χ3n) is 4.51. The summed E-state index contributed by atoms with van der Waals surface area (Å²) in [6, 6.07) is 11.1. The maximum absolute atomic E-state index is 13.3. The van der Waals surface area contributed by atoms with Crippen LogP contribution in [0.2, 0.25) is 0 Å². The van der Waals surface area contributed by atoms with Crippen molar-refractivity contribution in [1.82, 2.24) is 9.88 Å². The van der Waals surface area contributed by atoms with Gasteiger partial charge < -0.3 is 9.88 Å². The molecular formula is C19H16FN3O2. The van der Waals surface area contributed by atoms with Crippen LogP contribution in [0, 0.1) is 15.9 Å². The van der Waals surface area contributed by atoms with Gasteiger partial charge in [-0.1, -0.05) is 6.08 Å². The van der Waals surface area contributed by atoms with Crippen LogP contribution in [0.4, 0.5) is 10.1 Å². The number of non-ortho nitro benzene ring substituents is 1. The number of fused-ring (bicyclic) bond motifs is 1. The summed E-state index contributed by atoms with van der Waals surface area (Å²) in [5, 5.41) is 15.3. The molecule has 0 amide bonds. The topological polar surface area (TPSA) is 60.1 Å². The largest absolute Gasteiger partial charge is 0.316 e. The van der Waals surface area contributed by atoms with Gasteiger partial charge in [0, 0.05) is 41.5 Å². The highest BCUT2D eigenvalue weighted by atomic mass is 19.1. The Balaban J connectivity index is 1.96. The quantitative estimate of drug-likeness (QED) is 0.579. The number of nitro groups is 1. The van der Waals surface area contributed by atoms with Crippen molar-refractivity contribution in [2.45, 2.75) is 6.42 Å². The zero-order chi connectivity index (χ0) is 17.4. The second-order valence-corrected chi connectivity index (χ2v) is 6.03. The van der Waals surface area contributed by atoms with Crippen LogP contribution in [-0.4, -0.2) is 22.6 Å². The second kappa shape index (κ2) is 6.14. The number of aromatic nitrogens is 1. The lowest BCUT2D eigenvalue weighted by molar-refractivity contribution is -0.384. The molecule has 0 saturated carbocycles. The van der Waals surface area contributed by atoms with E-state index in [1.54, 1.807) is 24.3 Å².